The van der Waals surface area contributed by atoms with E-state index < -0.39 is 23.9 Å². The number of rotatable bonds is 11. The van der Waals surface area contributed by atoms with Crippen molar-refractivity contribution in [2.45, 2.75) is 38.8 Å². The number of aromatic nitrogens is 4. The number of benzene rings is 1. The number of aliphatic carboxylic acids is 1. The molecule has 0 radical (unpaired) electrons. The van der Waals surface area contributed by atoms with Crippen LogP contribution < -0.4 is 21.7 Å². The fourth-order valence-electron chi connectivity index (χ4n) is 3.32. The predicted molar refractivity (Wildman–Crippen MR) is 132 cm³/mol. The monoisotopic (exact) mass is 496 g/mol. The highest BCUT2D eigenvalue weighted by Gasteiger charge is 2.24. The highest BCUT2D eigenvalue weighted by atomic mass is 16.5. The van der Waals surface area contributed by atoms with E-state index in [9.17, 15) is 14.4 Å². The Morgan fingerprint density at radius 1 is 1.14 bits per heavy atom. The first-order valence-corrected chi connectivity index (χ1v) is 11.2. The molecule has 190 valence electrons. The molecule has 3 aromatic rings. The van der Waals surface area contributed by atoms with Gasteiger partial charge in [-0.2, -0.15) is 9.97 Å². The molecule has 0 bridgehead atoms. The van der Waals surface area contributed by atoms with Gasteiger partial charge in [0.2, 0.25) is 5.95 Å². The fraction of sp³-hybridized carbons (Fsp3) is 0.348. The first kappa shape index (κ1) is 26.1. The van der Waals surface area contributed by atoms with Gasteiger partial charge >= 0.3 is 11.9 Å². The Labute approximate surface area is 206 Å². The number of amides is 1. The number of hydrogen-bond donors (Lipinski definition) is 4. The van der Waals surface area contributed by atoms with Crippen LogP contribution in [-0.4, -0.2) is 62.6 Å². The maximum absolute atomic E-state index is 12.7. The number of nitrogens with one attached hydrogen (secondary N) is 1. The fourth-order valence-corrected chi connectivity index (χ4v) is 3.32. The molecule has 0 aliphatic carbocycles. The molecular weight excluding hydrogens is 468 g/mol. The molecule has 1 atom stereocenters. The molecule has 0 saturated heterocycles. The summed E-state index contributed by atoms with van der Waals surface area (Å²) in [6, 6.07) is 5.63. The van der Waals surface area contributed by atoms with Gasteiger partial charge in [-0.25, -0.2) is 14.8 Å². The highest BCUT2D eigenvalue weighted by Crippen LogP contribution is 2.19. The quantitative estimate of drug-likeness (QED) is 0.276. The van der Waals surface area contributed by atoms with Gasteiger partial charge in [-0.1, -0.05) is 6.92 Å². The van der Waals surface area contributed by atoms with E-state index in [-0.39, 0.29) is 31.2 Å². The lowest BCUT2D eigenvalue weighted by molar-refractivity contribution is -0.146. The summed E-state index contributed by atoms with van der Waals surface area (Å²) in [6.07, 6.45) is 1.83. The van der Waals surface area contributed by atoms with Gasteiger partial charge < -0.3 is 31.5 Å². The third kappa shape index (κ3) is 6.74. The topological polar surface area (TPSA) is 200 Å². The SMILES string of the molecule is CCCOC(=O)[C@H](CCC(=O)O)NC(=O)c1ccc(N(C)Cc2cnc3nc(N)nc(N)c3n2)cc1. The molecule has 1 aromatic carbocycles. The zero-order chi connectivity index (χ0) is 26.2. The molecule has 0 aliphatic heterocycles. The van der Waals surface area contributed by atoms with Crippen molar-refractivity contribution in [3.8, 4) is 0 Å². The summed E-state index contributed by atoms with van der Waals surface area (Å²) in [5.74, 6) is -2.07. The number of carbonyl (C=O) groups is 3. The maximum atomic E-state index is 12.7. The molecule has 13 heteroatoms. The summed E-state index contributed by atoms with van der Waals surface area (Å²) in [5.41, 5.74) is 13.9. The molecule has 0 unspecified atom stereocenters. The molecule has 13 nitrogen and oxygen atoms in total. The van der Waals surface area contributed by atoms with E-state index >= 15 is 0 Å². The minimum atomic E-state index is -1.07. The van der Waals surface area contributed by atoms with Crippen molar-refractivity contribution in [1.29, 1.82) is 0 Å². The lowest BCUT2D eigenvalue weighted by Crippen LogP contribution is -2.42. The normalized spacial score (nSPS) is 11.6. The number of carbonyl (C=O) groups excluding carboxylic acids is 2. The minimum Gasteiger partial charge on any atom is -0.481 e. The average Bonchev–Trinajstić information content (AvgIpc) is 2.85. The molecular formula is C23H28N8O5. The van der Waals surface area contributed by atoms with Gasteiger partial charge in [0, 0.05) is 24.7 Å². The van der Waals surface area contributed by atoms with Gasteiger partial charge in [-0.3, -0.25) is 9.59 Å². The summed E-state index contributed by atoms with van der Waals surface area (Å²) < 4.78 is 5.08. The van der Waals surface area contributed by atoms with Crippen molar-refractivity contribution in [2.75, 3.05) is 30.0 Å². The number of nitrogen functional groups attached to an aromatic ring is 2. The Morgan fingerprint density at radius 2 is 1.86 bits per heavy atom. The van der Waals surface area contributed by atoms with Gasteiger partial charge in [0.15, 0.2) is 17.0 Å². The summed E-state index contributed by atoms with van der Waals surface area (Å²) in [6.45, 7) is 2.41. The number of fused-ring (bicyclic) bond motifs is 1. The van der Waals surface area contributed by atoms with Gasteiger partial charge in [-0.15, -0.1) is 0 Å². The Morgan fingerprint density at radius 3 is 2.53 bits per heavy atom. The number of hydrogen-bond acceptors (Lipinski definition) is 11. The zero-order valence-electron chi connectivity index (χ0n) is 20.0. The maximum Gasteiger partial charge on any atom is 0.328 e. The summed E-state index contributed by atoms with van der Waals surface area (Å²) in [4.78, 5) is 54.4. The van der Waals surface area contributed by atoms with Gasteiger partial charge in [0.05, 0.1) is 25.0 Å². The molecule has 0 aliphatic rings. The molecule has 0 fully saturated rings. The average molecular weight is 497 g/mol. The second-order valence-electron chi connectivity index (χ2n) is 8.03. The number of ether oxygens (including phenoxy) is 1. The number of carboxylic acids is 1. The van der Waals surface area contributed by atoms with Crippen LogP contribution in [-0.2, 0) is 20.9 Å². The van der Waals surface area contributed by atoms with Crippen molar-refractivity contribution >= 4 is 46.5 Å². The zero-order valence-corrected chi connectivity index (χ0v) is 20.0. The molecule has 0 spiro atoms. The van der Waals surface area contributed by atoms with Crippen LogP contribution in [0.2, 0.25) is 0 Å². The van der Waals surface area contributed by atoms with Crippen LogP contribution >= 0.6 is 0 Å². The number of nitrogens with two attached hydrogens (primary N) is 2. The van der Waals surface area contributed by atoms with E-state index in [1.54, 1.807) is 30.5 Å². The Bertz CT molecular complexity index is 1250. The molecule has 36 heavy (non-hydrogen) atoms. The Balaban J connectivity index is 1.67. The largest absolute Gasteiger partial charge is 0.481 e. The highest BCUT2D eigenvalue weighted by molar-refractivity contribution is 5.97. The van der Waals surface area contributed by atoms with E-state index in [1.165, 1.54) is 0 Å². The summed E-state index contributed by atoms with van der Waals surface area (Å²) in [7, 11) is 1.84. The van der Waals surface area contributed by atoms with E-state index in [2.05, 4.69) is 25.3 Å². The Hall–Kier alpha value is -4.55. The lowest BCUT2D eigenvalue weighted by Gasteiger charge is -2.20. The molecule has 3 rings (SSSR count). The number of nitrogens with zero attached hydrogens (tertiary/aromatic N) is 5. The van der Waals surface area contributed by atoms with Crippen molar-refractivity contribution < 1.29 is 24.2 Å². The third-order valence-corrected chi connectivity index (χ3v) is 5.16. The van der Waals surface area contributed by atoms with Crippen LogP contribution in [0.15, 0.2) is 30.5 Å². The van der Waals surface area contributed by atoms with Crippen LogP contribution in [0.4, 0.5) is 17.5 Å². The van der Waals surface area contributed by atoms with E-state index in [1.807, 2.05) is 18.9 Å². The van der Waals surface area contributed by atoms with Crippen molar-refractivity contribution in [3.05, 3.63) is 41.7 Å². The third-order valence-electron chi connectivity index (χ3n) is 5.16. The van der Waals surface area contributed by atoms with Crippen LogP contribution in [0.3, 0.4) is 0 Å². The first-order valence-electron chi connectivity index (χ1n) is 11.2. The number of carboxylic acid groups (broad SMARTS) is 1. The van der Waals surface area contributed by atoms with Crippen LogP contribution in [0.1, 0.15) is 42.2 Å². The Kier molecular flexibility index (Phi) is 8.49. The van der Waals surface area contributed by atoms with E-state index in [0.717, 1.165) is 5.69 Å². The van der Waals surface area contributed by atoms with Crippen LogP contribution in [0, 0.1) is 0 Å². The van der Waals surface area contributed by atoms with Crippen molar-refractivity contribution in [2.24, 2.45) is 0 Å². The van der Waals surface area contributed by atoms with Crippen molar-refractivity contribution in [3.63, 3.8) is 0 Å². The molecule has 6 N–H and O–H groups in total. The first-order chi connectivity index (χ1) is 17.2. The second-order valence-corrected chi connectivity index (χ2v) is 8.03. The van der Waals surface area contributed by atoms with E-state index in [4.69, 9.17) is 21.3 Å². The summed E-state index contributed by atoms with van der Waals surface area (Å²) >= 11 is 0. The second kappa shape index (κ2) is 11.7. The molecule has 2 aromatic heterocycles. The lowest BCUT2D eigenvalue weighted by atomic mass is 10.1. The summed E-state index contributed by atoms with van der Waals surface area (Å²) in [5, 5.41) is 11.5. The smallest absolute Gasteiger partial charge is 0.328 e. The number of esters is 1. The minimum absolute atomic E-state index is 0.0225. The van der Waals surface area contributed by atoms with Crippen LogP contribution in [0.25, 0.3) is 11.2 Å². The van der Waals surface area contributed by atoms with Gasteiger partial charge in [-0.05, 0) is 37.1 Å². The predicted octanol–water partition coefficient (Wildman–Crippen LogP) is 1.14. The standard InChI is InChI=1S/C23H28N8O5/c1-3-10-36-22(35)16(8-9-17(32)33)28-21(34)13-4-6-15(7-5-13)31(2)12-14-11-26-20-18(27-14)19(24)29-23(25)30-20/h4-7,11,16H,3,8-10,12H2,1-2H3,(H,28,34)(H,32,33)(H4,24,25,26,29,30)/t16-/m0/s1. The van der Waals surface area contributed by atoms with Crippen molar-refractivity contribution in [1.82, 2.24) is 25.3 Å². The molecule has 1 amide bonds. The number of anilines is 3. The molecule has 0 saturated carbocycles. The van der Waals surface area contributed by atoms with Crippen LogP contribution in [0.5, 0.6) is 0 Å². The van der Waals surface area contributed by atoms with E-state index in [0.29, 0.717) is 35.4 Å². The van der Waals surface area contributed by atoms with Gasteiger partial charge in [0.1, 0.15) is 6.04 Å². The molecule has 2 heterocycles. The van der Waals surface area contributed by atoms with Gasteiger partial charge in [0.25, 0.3) is 5.91 Å².